The summed E-state index contributed by atoms with van der Waals surface area (Å²) in [5.74, 6) is 0.380. The minimum absolute atomic E-state index is 0.269. The van der Waals surface area contributed by atoms with Gasteiger partial charge >= 0.3 is 0 Å². The number of methoxy groups -OCH3 is 4. The molecule has 0 aliphatic heterocycles. The largest absolute Gasteiger partial charge is 0.505 e. The van der Waals surface area contributed by atoms with Gasteiger partial charge in [0, 0.05) is 61.8 Å². The molecule has 0 atom stereocenters. The lowest BCUT2D eigenvalue weighted by Crippen LogP contribution is -2.24. The molecular formula is C37H38Cl2N4O6. The summed E-state index contributed by atoms with van der Waals surface area (Å²) in [7, 11) is 5.96. The van der Waals surface area contributed by atoms with E-state index in [1.807, 2.05) is 21.9 Å². The lowest BCUT2D eigenvalue weighted by molar-refractivity contribution is 0.221. The number of nitriles is 2. The van der Waals surface area contributed by atoms with E-state index < -0.39 is 17.4 Å². The fourth-order valence-corrected chi connectivity index (χ4v) is 5.70. The Hall–Kier alpha value is -5.42. The van der Waals surface area contributed by atoms with Crippen LogP contribution in [0.4, 0.5) is 11.4 Å². The number of aromatic hydroxyl groups is 1. The van der Waals surface area contributed by atoms with Gasteiger partial charge in [0.05, 0.1) is 39.6 Å². The molecule has 0 heterocycles. The predicted octanol–water partition coefficient (Wildman–Crippen LogP) is 8.00. The molecule has 3 aromatic carbocycles. The van der Waals surface area contributed by atoms with Crippen LogP contribution in [-0.2, 0) is 0 Å². The molecule has 49 heavy (non-hydrogen) atoms. The number of hydrogen-bond donors (Lipinski definition) is 1. The van der Waals surface area contributed by atoms with Crippen LogP contribution in [-0.4, -0.2) is 59.7 Å². The van der Waals surface area contributed by atoms with Crippen LogP contribution in [0.15, 0.2) is 74.9 Å². The van der Waals surface area contributed by atoms with Crippen LogP contribution in [0, 0.1) is 22.7 Å². The molecule has 0 spiro atoms. The standard InChI is InChI=1S/C37H38Cl2N4O6/c1-9-13-42(14-10-2)23-17-27(45-5)31(28(18-23)46-6)37(49-36-26(22-41)25(21-40)35(44)33(38)34(36)39)32-29(47-7)19-24(20-30(32)48-8)43(15-11-3)16-12-4/h9-12,17-20,37,44H,1-4,13-16H2,5-8H3. The van der Waals surface area contributed by atoms with Crippen molar-refractivity contribution in [3.63, 3.8) is 0 Å². The van der Waals surface area contributed by atoms with E-state index in [4.69, 9.17) is 46.9 Å². The van der Waals surface area contributed by atoms with E-state index in [2.05, 4.69) is 26.3 Å². The molecule has 0 saturated carbocycles. The number of rotatable bonds is 18. The maximum absolute atomic E-state index is 10.6. The second kappa shape index (κ2) is 17.7. The van der Waals surface area contributed by atoms with Crippen molar-refractivity contribution in [1.82, 2.24) is 0 Å². The molecule has 10 nitrogen and oxygen atoms in total. The number of nitrogens with zero attached hydrogens (tertiary/aromatic N) is 4. The fraction of sp³-hybridized carbons (Fsp3) is 0.243. The Kier molecular flexibility index (Phi) is 13.7. The molecule has 3 rings (SSSR count). The zero-order valence-electron chi connectivity index (χ0n) is 27.9. The number of anilines is 2. The predicted molar refractivity (Wildman–Crippen MR) is 194 cm³/mol. The Labute approximate surface area is 297 Å². The van der Waals surface area contributed by atoms with Crippen LogP contribution in [0.5, 0.6) is 34.5 Å². The van der Waals surface area contributed by atoms with Crippen molar-refractivity contribution in [2.75, 3.05) is 64.4 Å². The van der Waals surface area contributed by atoms with Crippen LogP contribution < -0.4 is 33.5 Å². The topological polar surface area (TPSA) is 120 Å². The second-order valence-electron chi connectivity index (χ2n) is 10.3. The minimum Gasteiger partial charge on any atom is -0.505 e. The highest BCUT2D eigenvalue weighted by molar-refractivity contribution is 6.44. The van der Waals surface area contributed by atoms with E-state index in [9.17, 15) is 15.6 Å². The third-order valence-electron chi connectivity index (χ3n) is 7.48. The van der Waals surface area contributed by atoms with Crippen molar-refractivity contribution >= 4 is 34.6 Å². The first-order valence-electron chi connectivity index (χ1n) is 14.8. The average Bonchev–Trinajstić information content (AvgIpc) is 3.12. The summed E-state index contributed by atoms with van der Waals surface area (Å²) >= 11 is 13.0. The van der Waals surface area contributed by atoms with Gasteiger partial charge in [-0.1, -0.05) is 47.5 Å². The Balaban J connectivity index is 2.55. The molecule has 256 valence electrons. The third kappa shape index (κ3) is 7.84. The van der Waals surface area contributed by atoms with Crippen LogP contribution in [0.25, 0.3) is 0 Å². The van der Waals surface area contributed by atoms with Crippen molar-refractivity contribution in [3.05, 3.63) is 107 Å². The van der Waals surface area contributed by atoms with E-state index in [1.54, 1.807) is 48.6 Å². The number of benzene rings is 3. The quantitative estimate of drug-likeness (QED) is 0.130. The lowest BCUT2D eigenvalue weighted by atomic mass is 9.95. The molecule has 0 radical (unpaired) electrons. The Morgan fingerprint density at radius 2 is 1.02 bits per heavy atom. The molecule has 1 N–H and O–H groups in total. The molecule has 0 aliphatic carbocycles. The highest BCUT2D eigenvalue weighted by Crippen LogP contribution is 2.52. The zero-order chi connectivity index (χ0) is 36.2. The summed E-state index contributed by atoms with van der Waals surface area (Å²) in [5, 5.41) is 30.0. The molecule has 3 aromatic rings. The van der Waals surface area contributed by atoms with Gasteiger partial charge in [0.2, 0.25) is 0 Å². The van der Waals surface area contributed by atoms with Crippen LogP contribution >= 0.6 is 23.2 Å². The average molecular weight is 706 g/mol. The molecule has 0 saturated heterocycles. The summed E-state index contributed by atoms with van der Waals surface area (Å²) in [6.07, 6.45) is 5.79. The van der Waals surface area contributed by atoms with E-state index in [-0.39, 0.29) is 21.4 Å². The summed E-state index contributed by atoms with van der Waals surface area (Å²) in [6.45, 7) is 17.5. The van der Waals surface area contributed by atoms with Crippen molar-refractivity contribution in [3.8, 4) is 46.6 Å². The monoisotopic (exact) mass is 704 g/mol. The molecule has 0 unspecified atom stereocenters. The van der Waals surface area contributed by atoms with Gasteiger partial charge in [-0.05, 0) is 0 Å². The van der Waals surface area contributed by atoms with Gasteiger partial charge < -0.3 is 38.6 Å². The third-order valence-corrected chi connectivity index (χ3v) is 8.31. The number of hydrogen-bond acceptors (Lipinski definition) is 10. The van der Waals surface area contributed by atoms with E-state index in [0.717, 1.165) is 11.4 Å². The summed E-state index contributed by atoms with van der Waals surface area (Å²) in [5.41, 5.74) is 1.41. The normalized spacial score (nSPS) is 10.3. The van der Waals surface area contributed by atoms with E-state index in [1.165, 1.54) is 28.4 Å². The first-order valence-corrected chi connectivity index (χ1v) is 15.6. The van der Waals surface area contributed by atoms with Gasteiger partial charge in [-0.15, -0.1) is 26.3 Å². The van der Waals surface area contributed by atoms with Gasteiger partial charge in [-0.2, -0.15) is 10.5 Å². The Morgan fingerprint density at radius 3 is 1.31 bits per heavy atom. The van der Waals surface area contributed by atoms with Crippen molar-refractivity contribution in [2.24, 2.45) is 0 Å². The van der Waals surface area contributed by atoms with Gasteiger partial charge in [-0.3, -0.25) is 0 Å². The minimum atomic E-state index is -1.24. The lowest BCUT2D eigenvalue weighted by Gasteiger charge is -2.30. The molecule has 0 fully saturated rings. The van der Waals surface area contributed by atoms with Gasteiger partial charge in [0.15, 0.2) is 17.6 Å². The highest BCUT2D eigenvalue weighted by Gasteiger charge is 2.35. The van der Waals surface area contributed by atoms with Crippen LogP contribution in [0.2, 0.25) is 10.0 Å². The van der Waals surface area contributed by atoms with Gasteiger partial charge in [0.1, 0.15) is 56.3 Å². The van der Waals surface area contributed by atoms with Crippen LogP contribution in [0.3, 0.4) is 0 Å². The van der Waals surface area contributed by atoms with Crippen molar-refractivity contribution < 1.29 is 28.8 Å². The maximum atomic E-state index is 10.6. The van der Waals surface area contributed by atoms with E-state index >= 15 is 0 Å². The number of phenolic OH excluding ortho intramolecular Hbond substituents is 1. The fourth-order valence-electron chi connectivity index (χ4n) is 5.29. The molecule has 0 amide bonds. The van der Waals surface area contributed by atoms with Gasteiger partial charge in [0.25, 0.3) is 0 Å². The van der Waals surface area contributed by atoms with Crippen LogP contribution in [0.1, 0.15) is 28.4 Å². The first-order chi connectivity index (χ1) is 23.6. The smallest absolute Gasteiger partial charge is 0.163 e. The number of ether oxygens (including phenoxy) is 5. The van der Waals surface area contributed by atoms with Crippen molar-refractivity contribution in [2.45, 2.75) is 6.10 Å². The number of phenols is 1. The molecular weight excluding hydrogens is 667 g/mol. The summed E-state index contributed by atoms with van der Waals surface area (Å²) in [4.78, 5) is 4.00. The van der Waals surface area contributed by atoms with Crippen molar-refractivity contribution in [1.29, 1.82) is 10.5 Å². The number of halogens is 2. The molecule has 0 bridgehead atoms. The SMILES string of the molecule is C=CCN(CC=C)c1cc(OC)c(C(Oc2c(Cl)c(Cl)c(O)c(C#N)c2C#N)c2c(OC)cc(N(CC=C)CC=C)cc2OC)c(OC)c1. The zero-order valence-corrected chi connectivity index (χ0v) is 29.4. The Morgan fingerprint density at radius 1 is 0.673 bits per heavy atom. The van der Waals surface area contributed by atoms with E-state index in [0.29, 0.717) is 60.3 Å². The highest BCUT2D eigenvalue weighted by atomic mass is 35.5. The first kappa shape index (κ1) is 38.0. The second-order valence-corrected chi connectivity index (χ2v) is 11.0. The van der Waals surface area contributed by atoms with Gasteiger partial charge in [-0.25, -0.2) is 0 Å². The summed E-state index contributed by atoms with van der Waals surface area (Å²) < 4.78 is 30.5. The maximum Gasteiger partial charge on any atom is 0.163 e. The Bertz CT molecular complexity index is 1660. The molecule has 12 heteroatoms. The summed E-state index contributed by atoms with van der Waals surface area (Å²) in [6, 6.07) is 10.9. The molecule has 0 aliphatic rings. The molecule has 0 aromatic heterocycles.